The fourth-order valence-corrected chi connectivity index (χ4v) is 1.72. The lowest BCUT2D eigenvalue weighted by atomic mass is 10.2. The maximum atomic E-state index is 13.7. The van der Waals surface area contributed by atoms with Crippen molar-refractivity contribution in [2.75, 3.05) is 20.3 Å². The molecule has 0 fully saturated rings. The number of rotatable bonds is 3. The average molecular weight is 248 g/mol. The van der Waals surface area contributed by atoms with Crippen LogP contribution in [0.15, 0.2) is 6.07 Å². The molecule has 0 atom stereocenters. The number of halogens is 2. The van der Waals surface area contributed by atoms with Crippen molar-refractivity contribution in [3.63, 3.8) is 0 Å². The zero-order chi connectivity index (χ0) is 11.5. The lowest BCUT2D eigenvalue weighted by Gasteiger charge is -2.20. The largest absolute Gasteiger partial charge is 0.486 e. The molecule has 1 heterocycles. The van der Waals surface area contributed by atoms with Crippen LogP contribution < -0.4 is 15.0 Å². The number of ether oxygens (including phenoxy) is 2. The molecule has 1 aromatic rings. The molecule has 0 spiro atoms. The smallest absolute Gasteiger partial charge is 0.182 e. The number of hydrogen-bond acceptors (Lipinski definition) is 4. The Morgan fingerprint density at radius 3 is 3.00 bits per heavy atom. The van der Waals surface area contributed by atoms with E-state index < -0.39 is 5.82 Å². The van der Waals surface area contributed by atoms with E-state index in [1.54, 1.807) is 6.07 Å². The summed E-state index contributed by atoms with van der Waals surface area (Å²) in [5.74, 6) is 0.215. The van der Waals surface area contributed by atoms with E-state index in [1.165, 1.54) is 7.11 Å². The fourth-order valence-electron chi connectivity index (χ4n) is 1.45. The molecule has 0 bridgehead atoms. The van der Waals surface area contributed by atoms with Gasteiger partial charge in [-0.3, -0.25) is 0 Å². The number of fused-ring (bicyclic) bond motifs is 1. The summed E-state index contributed by atoms with van der Waals surface area (Å²) in [5, 5.41) is -0.0508. The Hall–Kier alpha value is -1.04. The molecule has 0 unspecified atom stereocenters. The molecule has 0 aliphatic carbocycles. The molecule has 0 saturated carbocycles. The average Bonchev–Trinajstić information content (AvgIpc) is 2.32. The van der Waals surface area contributed by atoms with Crippen molar-refractivity contribution in [3.05, 3.63) is 22.5 Å². The molecule has 0 amide bonds. The molecule has 1 aliphatic heterocycles. The minimum absolute atomic E-state index is 0.0508. The van der Waals surface area contributed by atoms with Gasteiger partial charge in [0.1, 0.15) is 24.1 Å². The molecule has 0 radical (unpaired) electrons. The minimum Gasteiger partial charge on any atom is -0.486 e. The Morgan fingerprint density at radius 2 is 2.25 bits per heavy atom. The highest BCUT2D eigenvalue weighted by Gasteiger charge is 2.21. The molecular formula is C10H11ClFNO3. The van der Waals surface area contributed by atoms with Crippen LogP contribution in [0, 0.1) is 5.82 Å². The SMILES string of the molecule is CONCc1cc2c(c(Cl)c1F)OCCO2. The van der Waals surface area contributed by atoms with Crippen molar-refractivity contribution in [3.8, 4) is 11.5 Å². The monoisotopic (exact) mass is 247 g/mol. The van der Waals surface area contributed by atoms with E-state index in [1.807, 2.05) is 0 Å². The first kappa shape index (κ1) is 11.4. The van der Waals surface area contributed by atoms with E-state index in [-0.39, 0.29) is 17.3 Å². The van der Waals surface area contributed by atoms with Gasteiger partial charge in [-0.25, -0.2) is 4.39 Å². The number of benzene rings is 1. The second-order valence-electron chi connectivity index (χ2n) is 3.21. The molecule has 88 valence electrons. The number of hydrogen-bond donors (Lipinski definition) is 1. The van der Waals surface area contributed by atoms with Crippen molar-refractivity contribution in [2.45, 2.75) is 6.54 Å². The topological polar surface area (TPSA) is 39.7 Å². The zero-order valence-electron chi connectivity index (χ0n) is 8.68. The van der Waals surface area contributed by atoms with E-state index >= 15 is 0 Å². The third kappa shape index (κ3) is 2.07. The second kappa shape index (κ2) is 4.86. The first-order valence-corrected chi connectivity index (χ1v) is 5.14. The van der Waals surface area contributed by atoms with Gasteiger partial charge >= 0.3 is 0 Å². The molecule has 1 aromatic carbocycles. The van der Waals surface area contributed by atoms with Crippen molar-refractivity contribution in [1.82, 2.24) is 5.48 Å². The van der Waals surface area contributed by atoms with Crippen molar-refractivity contribution >= 4 is 11.6 Å². The van der Waals surface area contributed by atoms with Gasteiger partial charge in [-0.15, -0.1) is 0 Å². The van der Waals surface area contributed by atoms with E-state index in [4.69, 9.17) is 21.1 Å². The van der Waals surface area contributed by atoms with Crippen molar-refractivity contribution in [2.24, 2.45) is 0 Å². The van der Waals surface area contributed by atoms with Crippen LogP contribution in [0.5, 0.6) is 11.5 Å². The highest BCUT2D eigenvalue weighted by Crippen LogP contribution is 2.40. The van der Waals surface area contributed by atoms with E-state index in [9.17, 15) is 4.39 Å². The summed E-state index contributed by atoms with van der Waals surface area (Å²) in [6.07, 6.45) is 0. The molecule has 16 heavy (non-hydrogen) atoms. The third-order valence-corrected chi connectivity index (χ3v) is 2.53. The molecular weight excluding hydrogens is 237 g/mol. The molecule has 0 saturated heterocycles. The number of hydroxylamine groups is 1. The summed E-state index contributed by atoms with van der Waals surface area (Å²) in [6.45, 7) is 1.02. The van der Waals surface area contributed by atoms with E-state index in [2.05, 4.69) is 10.3 Å². The fraction of sp³-hybridized carbons (Fsp3) is 0.400. The van der Waals surface area contributed by atoms with Crippen LogP contribution in [0.25, 0.3) is 0 Å². The molecule has 0 aromatic heterocycles. The molecule has 4 nitrogen and oxygen atoms in total. The summed E-state index contributed by atoms with van der Waals surface area (Å²) >= 11 is 5.85. The first-order valence-electron chi connectivity index (χ1n) is 4.76. The van der Waals surface area contributed by atoms with E-state index in [0.717, 1.165) is 0 Å². The van der Waals surface area contributed by atoms with Crippen LogP contribution in [0.1, 0.15) is 5.56 Å². The van der Waals surface area contributed by atoms with E-state index in [0.29, 0.717) is 24.5 Å². The maximum Gasteiger partial charge on any atom is 0.182 e. The predicted molar refractivity (Wildman–Crippen MR) is 56.2 cm³/mol. The Kier molecular flexibility index (Phi) is 3.48. The molecule has 6 heteroatoms. The lowest BCUT2D eigenvalue weighted by molar-refractivity contribution is 0.0857. The quantitative estimate of drug-likeness (QED) is 0.829. The summed E-state index contributed by atoms with van der Waals surface area (Å²) in [5.41, 5.74) is 2.92. The highest BCUT2D eigenvalue weighted by molar-refractivity contribution is 6.32. The highest BCUT2D eigenvalue weighted by atomic mass is 35.5. The summed E-state index contributed by atoms with van der Waals surface area (Å²) in [7, 11) is 1.46. The summed E-state index contributed by atoms with van der Waals surface area (Å²) < 4.78 is 24.3. The van der Waals surface area contributed by atoms with Gasteiger partial charge < -0.3 is 14.3 Å². The van der Waals surface area contributed by atoms with Crippen LogP contribution in [0.2, 0.25) is 5.02 Å². The Bertz CT molecular complexity index is 400. The Balaban J connectivity index is 2.36. The predicted octanol–water partition coefficient (Wildman–Crippen LogP) is 1.90. The maximum absolute atomic E-state index is 13.7. The van der Waals surface area contributed by atoms with Crippen molar-refractivity contribution in [1.29, 1.82) is 0 Å². The van der Waals surface area contributed by atoms with Gasteiger partial charge in [-0.1, -0.05) is 11.6 Å². The third-order valence-electron chi connectivity index (χ3n) is 2.20. The van der Waals surface area contributed by atoms with Gasteiger partial charge in [-0.2, -0.15) is 5.48 Å². The number of nitrogens with one attached hydrogen (secondary N) is 1. The zero-order valence-corrected chi connectivity index (χ0v) is 9.44. The molecule has 2 rings (SSSR count). The van der Waals surface area contributed by atoms with Gasteiger partial charge in [0.05, 0.1) is 7.11 Å². The second-order valence-corrected chi connectivity index (χ2v) is 3.59. The lowest BCUT2D eigenvalue weighted by Crippen LogP contribution is -2.18. The Labute approximate surface area is 97.2 Å². The normalized spacial score (nSPS) is 13.9. The van der Waals surface area contributed by atoms with Gasteiger partial charge in [0, 0.05) is 12.1 Å². The summed E-state index contributed by atoms with van der Waals surface area (Å²) in [6, 6.07) is 1.56. The Morgan fingerprint density at radius 1 is 1.50 bits per heavy atom. The van der Waals surface area contributed by atoms with Crippen LogP contribution in [-0.4, -0.2) is 20.3 Å². The van der Waals surface area contributed by atoms with Gasteiger partial charge in [0.15, 0.2) is 11.5 Å². The standard InChI is InChI=1S/C10H11ClFNO3/c1-14-13-5-6-4-7-10(8(11)9(6)12)16-3-2-15-7/h4,13H,2-3,5H2,1H3. The summed E-state index contributed by atoms with van der Waals surface area (Å²) in [4.78, 5) is 4.65. The van der Waals surface area contributed by atoms with Crippen LogP contribution in [0.4, 0.5) is 4.39 Å². The van der Waals surface area contributed by atoms with Gasteiger partial charge in [-0.05, 0) is 6.07 Å². The minimum atomic E-state index is -0.518. The van der Waals surface area contributed by atoms with Crippen LogP contribution >= 0.6 is 11.6 Å². The molecule has 1 N–H and O–H groups in total. The van der Waals surface area contributed by atoms with Crippen LogP contribution in [0.3, 0.4) is 0 Å². The van der Waals surface area contributed by atoms with Crippen molar-refractivity contribution < 1.29 is 18.7 Å². The molecule has 1 aliphatic rings. The van der Waals surface area contributed by atoms with Gasteiger partial charge in [0.25, 0.3) is 0 Å². The van der Waals surface area contributed by atoms with Gasteiger partial charge in [0.2, 0.25) is 0 Å². The van der Waals surface area contributed by atoms with Crippen LogP contribution in [-0.2, 0) is 11.4 Å². The first-order chi connectivity index (χ1) is 7.74.